The second-order valence-electron chi connectivity index (χ2n) is 5.86. The lowest BCUT2D eigenvalue weighted by Crippen LogP contribution is -2.30. The number of carbonyl (C=O) groups excluding carboxylic acids is 2. The lowest BCUT2D eigenvalue weighted by molar-refractivity contribution is -0.127. The van der Waals surface area contributed by atoms with Crippen LogP contribution in [-0.2, 0) is 9.59 Å². The molecule has 2 aromatic carbocycles. The minimum absolute atomic E-state index is 0.0240. The molecule has 1 aliphatic heterocycles. The standard InChI is InChI=1S/C19H20N2O3/c1-21-17(22)12-14(18(21)13-8-4-3-5-9-13)19(23)20-15-10-6-7-11-16(15)24-2/h3-11,14,18H,12H2,1-2H3,(H,20,23)/t14-,18-/m1/s1. The number of benzene rings is 2. The Labute approximate surface area is 141 Å². The third kappa shape index (κ3) is 2.97. The molecule has 1 aliphatic rings. The van der Waals surface area contributed by atoms with E-state index in [1.807, 2.05) is 42.5 Å². The predicted octanol–water partition coefficient (Wildman–Crippen LogP) is 2.85. The lowest BCUT2D eigenvalue weighted by atomic mass is 9.93. The van der Waals surface area contributed by atoms with Crippen molar-refractivity contribution in [3.05, 3.63) is 60.2 Å². The molecule has 5 nitrogen and oxygen atoms in total. The molecule has 0 spiro atoms. The summed E-state index contributed by atoms with van der Waals surface area (Å²) in [5.41, 5.74) is 1.57. The highest BCUT2D eigenvalue weighted by Crippen LogP contribution is 2.38. The van der Waals surface area contributed by atoms with Crippen LogP contribution in [0.1, 0.15) is 18.0 Å². The molecule has 2 atom stereocenters. The highest BCUT2D eigenvalue weighted by molar-refractivity contribution is 5.98. The highest BCUT2D eigenvalue weighted by atomic mass is 16.5. The number of nitrogens with one attached hydrogen (secondary N) is 1. The van der Waals surface area contributed by atoms with E-state index in [4.69, 9.17) is 4.74 Å². The third-order valence-electron chi connectivity index (χ3n) is 4.43. The molecule has 0 bridgehead atoms. The molecule has 3 rings (SSSR count). The van der Waals surface area contributed by atoms with Crippen molar-refractivity contribution in [3.8, 4) is 5.75 Å². The molecule has 0 aromatic heterocycles. The van der Waals surface area contributed by atoms with Crippen LogP contribution in [0.3, 0.4) is 0 Å². The molecule has 0 radical (unpaired) electrons. The van der Waals surface area contributed by atoms with Gasteiger partial charge in [-0.05, 0) is 17.7 Å². The lowest BCUT2D eigenvalue weighted by Gasteiger charge is -2.25. The van der Waals surface area contributed by atoms with E-state index < -0.39 is 5.92 Å². The smallest absolute Gasteiger partial charge is 0.230 e. The molecule has 0 saturated carbocycles. The zero-order valence-electron chi connectivity index (χ0n) is 13.7. The van der Waals surface area contributed by atoms with Crippen LogP contribution in [-0.4, -0.2) is 30.9 Å². The molecular weight excluding hydrogens is 304 g/mol. The molecule has 1 saturated heterocycles. The minimum Gasteiger partial charge on any atom is -0.495 e. The molecule has 124 valence electrons. The van der Waals surface area contributed by atoms with Crippen LogP contribution in [0.5, 0.6) is 5.75 Å². The molecule has 1 heterocycles. The summed E-state index contributed by atoms with van der Waals surface area (Å²) in [5, 5.41) is 2.90. The molecule has 24 heavy (non-hydrogen) atoms. The molecule has 0 unspecified atom stereocenters. The first kappa shape index (κ1) is 16.1. The Hall–Kier alpha value is -2.82. The Morgan fingerprint density at radius 2 is 1.79 bits per heavy atom. The van der Waals surface area contributed by atoms with Crippen molar-refractivity contribution in [1.29, 1.82) is 0 Å². The van der Waals surface area contributed by atoms with Gasteiger partial charge in [-0.2, -0.15) is 0 Å². The van der Waals surface area contributed by atoms with E-state index in [0.717, 1.165) is 5.56 Å². The number of amides is 2. The van der Waals surface area contributed by atoms with E-state index >= 15 is 0 Å². The van der Waals surface area contributed by atoms with Crippen LogP contribution >= 0.6 is 0 Å². The van der Waals surface area contributed by atoms with E-state index in [9.17, 15) is 9.59 Å². The van der Waals surface area contributed by atoms with Crippen LogP contribution < -0.4 is 10.1 Å². The van der Waals surface area contributed by atoms with E-state index in [1.165, 1.54) is 0 Å². The predicted molar refractivity (Wildman–Crippen MR) is 91.7 cm³/mol. The largest absolute Gasteiger partial charge is 0.495 e. The van der Waals surface area contributed by atoms with Gasteiger partial charge in [-0.3, -0.25) is 9.59 Å². The fraction of sp³-hybridized carbons (Fsp3) is 0.263. The van der Waals surface area contributed by atoms with E-state index in [0.29, 0.717) is 11.4 Å². The number of hydrogen-bond donors (Lipinski definition) is 1. The van der Waals surface area contributed by atoms with Gasteiger partial charge in [0.1, 0.15) is 5.75 Å². The summed E-state index contributed by atoms with van der Waals surface area (Å²) in [7, 11) is 3.31. The monoisotopic (exact) mass is 324 g/mol. The summed E-state index contributed by atoms with van der Waals surface area (Å²) < 4.78 is 5.27. The van der Waals surface area contributed by atoms with Gasteiger partial charge in [-0.15, -0.1) is 0 Å². The van der Waals surface area contributed by atoms with Crippen molar-refractivity contribution >= 4 is 17.5 Å². The van der Waals surface area contributed by atoms with Crippen LogP contribution in [0, 0.1) is 5.92 Å². The van der Waals surface area contributed by atoms with Crippen molar-refractivity contribution in [1.82, 2.24) is 4.90 Å². The maximum absolute atomic E-state index is 12.8. The Bertz CT molecular complexity index is 745. The van der Waals surface area contributed by atoms with Gasteiger partial charge in [-0.1, -0.05) is 42.5 Å². The van der Waals surface area contributed by atoms with E-state index in [1.54, 1.807) is 31.2 Å². The average molecular weight is 324 g/mol. The maximum Gasteiger partial charge on any atom is 0.230 e. The number of hydrogen-bond acceptors (Lipinski definition) is 3. The highest BCUT2D eigenvalue weighted by Gasteiger charge is 2.42. The van der Waals surface area contributed by atoms with Crippen molar-refractivity contribution in [2.75, 3.05) is 19.5 Å². The first-order valence-corrected chi connectivity index (χ1v) is 7.86. The molecule has 1 fully saturated rings. The number of anilines is 1. The van der Waals surface area contributed by atoms with Gasteiger partial charge in [0.05, 0.1) is 24.8 Å². The summed E-state index contributed by atoms with van der Waals surface area (Å²) in [6.45, 7) is 0. The van der Waals surface area contributed by atoms with E-state index in [2.05, 4.69) is 5.32 Å². The number of rotatable bonds is 4. The number of ether oxygens (including phenoxy) is 1. The zero-order chi connectivity index (χ0) is 17.1. The molecule has 2 amide bonds. The van der Waals surface area contributed by atoms with Crippen molar-refractivity contribution in [3.63, 3.8) is 0 Å². The van der Waals surface area contributed by atoms with Gasteiger partial charge in [0, 0.05) is 13.5 Å². The molecule has 2 aromatic rings. The first-order chi connectivity index (χ1) is 11.6. The number of likely N-dealkylation sites (tertiary alicyclic amines) is 1. The van der Waals surface area contributed by atoms with Gasteiger partial charge in [0.15, 0.2) is 0 Å². The average Bonchev–Trinajstić information content (AvgIpc) is 2.91. The van der Waals surface area contributed by atoms with Gasteiger partial charge in [-0.25, -0.2) is 0 Å². The van der Waals surface area contributed by atoms with Crippen LogP contribution in [0.4, 0.5) is 5.69 Å². The number of nitrogens with zero attached hydrogens (tertiary/aromatic N) is 1. The van der Waals surface area contributed by atoms with E-state index in [-0.39, 0.29) is 24.3 Å². The van der Waals surface area contributed by atoms with Crippen molar-refractivity contribution in [2.24, 2.45) is 5.92 Å². The summed E-state index contributed by atoms with van der Waals surface area (Å²) in [6.07, 6.45) is 0.205. The number of carbonyl (C=O) groups is 2. The maximum atomic E-state index is 12.8. The van der Waals surface area contributed by atoms with Crippen molar-refractivity contribution in [2.45, 2.75) is 12.5 Å². The summed E-state index contributed by atoms with van der Waals surface area (Å²) in [4.78, 5) is 26.6. The first-order valence-electron chi connectivity index (χ1n) is 7.86. The fourth-order valence-corrected chi connectivity index (χ4v) is 3.18. The number of methoxy groups -OCH3 is 1. The van der Waals surface area contributed by atoms with Crippen LogP contribution in [0.15, 0.2) is 54.6 Å². The second-order valence-corrected chi connectivity index (χ2v) is 5.86. The Balaban J connectivity index is 1.86. The molecule has 0 aliphatic carbocycles. The topological polar surface area (TPSA) is 58.6 Å². The van der Waals surface area contributed by atoms with Gasteiger partial charge < -0.3 is 15.0 Å². The Kier molecular flexibility index (Phi) is 4.51. The SMILES string of the molecule is COc1ccccc1NC(=O)[C@@H]1CC(=O)N(C)[C@@H]1c1ccccc1. The zero-order valence-corrected chi connectivity index (χ0v) is 13.7. The van der Waals surface area contributed by atoms with Gasteiger partial charge >= 0.3 is 0 Å². The Morgan fingerprint density at radius 3 is 2.50 bits per heavy atom. The van der Waals surface area contributed by atoms with Crippen LogP contribution in [0.2, 0.25) is 0 Å². The van der Waals surface area contributed by atoms with Gasteiger partial charge in [0.2, 0.25) is 11.8 Å². The normalized spacial score (nSPS) is 20.1. The summed E-state index contributed by atoms with van der Waals surface area (Å²) >= 11 is 0. The molecule has 1 N–H and O–H groups in total. The van der Waals surface area contributed by atoms with Gasteiger partial charge in [0.25, 0.3) is 0 Å². The quantitative estimate of drug-likeness (QED) is 0.941. The number of para-hydroxylation sites is 2. The second kappa shape index (κ2) is 6.74. The van der Waals surface area contributed by atoms with Crippen LogP contribution in [0.25, 0.3) is 0 Å². The summed E-state index contributed by atoms with van der Waals surface area (Å²) in [6, 6.07) is 16.6. The molecular formula is C19H20N2O3. The fourth-order valence-electron chi connectivity index (χ4n) is 3.18. The minimum atomic E-state index is -0.435. The molecule has 5 heteroatoms. The van der Waals surface area contributed by atoms with Crippen molar-refractivity contribution < 1.29 is 14.3 Å². The summed E-state index contributed by atoms with van der Waals surface area (Å²) in [5.74, 6) is -0.0373. The third-order valence-corrected chi connectivity index (χ3v) is 4.43. The Morgan fingerprint density at radius 1 is 1.12 bits per heavy atom.